The van der Waals surface area contributed by atoms with E-state index in [0.29, 0.717) is 5.69 Å². The van der Waals surface area contributed by atoms with Crippen molar-refractivity contribution in [3.8, 4) is 17.3 Å². The minimum atomic E-state index is -4.48. The molecule has 2 heterocycles. The number of aromatic nitrogens is 5. The van der Waals surface area contributed by atoms with Gasteiger partial charge in [0.1, 0.15) is 11.5 Å². The molecule has 4 rings (SSSR count). The molecule has 32 heavy (non-hydrogen) atoms. The Bertz CT molecular complexity index is 1150. The maximum Gasteiger partial charge on any atom is 0.416 e. The molecule has 1 unspecified atom stereocenters. The second kappa shape index (κ2) is 9.01. The first kappa shape index (κ1) is 21.8. The Balaban J connectivity index is 1.69. The number of alkyl halides is 3. The average Bonchev–Trinajstić information content (AvgIpc) is 3.41. The summed E-state index contributed by atoms with van der Waals surface area (Å²) in [7, 11) is 0. The SMILES string of the molecule is OCCNCc1c(-c2nc(C3C=C(C(F)(F)F)C=CC3)no2)nnn1-c1ccccc1F. The van der Waals surface area contributed by atoms with Gasteiger partial charge in [0, 0.05) is 19.0 Å². The van der Waals surface area contributed by atoms with Gasteiger partial charge in [0.15, 0.2) is 11.5 Å². The Morgan fingerprint density at radius 2 is 2.06 bits per heavy atom. The largest absolute Gasteiger partial charge is 0.416 e. The third-order valence-corrected chi connectivity index (χ3v) is 4.80. The molecule has 1 aromatic carbocycles. The molecule has 0 spiro atoms. The van der Waals surface area contributed by atoms with Crippen LogP contribution in [-0.4, -0.2) is 49.6 Å². The number of hydrogen-bond donors (Lipinski definition) is 2. The number of halogens is 4. The van der Waals surface area contributed by atoms with Gasteiger partial charge < -0.3 is 14.9 Å². The number of nitrogens with zero attached hydrogens (tertiary/aromatic N) is 5. The van der Waals surface area contributed by atoms with E-state index in [1.165, 1.54) is 29.0 Å². The number of nitrogens with one attached hydrogen (secondary N) is 1. The molecule has 0 radical (unpaired) electrons. The highest BCUT2D eigenvalue weighted by Gasteiger charge is 2.34. The Morgan fingerprint density at radius 1 is 1.25 bits per heavy atom. The van der Waals surface area contributed by atoms with Crippen molar-refractivity contribution in [3.63, 3.8) is 0 Å². The molecular weight excluding hydrogens is 432 g/mol. The van der Waals surface area contributed by atoms with Crippen LogP contribution >= 0.6 is 0 Å². The van der Waals surface area contributed by atoms with Gasteiger partial charge in [-0.2, -0.15) is 18.2 Å². The summed E-state index contributed by atoms with van der Waals surface area (Å²) in [5.41, 5.74) is -0.0981. The number of rotatable bonds is 7. The van der Waals surface area contributed by atoms with Crippen molar-refractivity contribution in [1.29, 1.82) is 0 Å². The van der Waals surface area contributed by atoms with Crippen LogP contribution in [0.25, 0.3) is 17.3 Å². The zero-order chi connectivity index (χ0) is 22.7. The summed E-state index contributed by atoms with van der Waals surface area (Å²) in [4.78, 5) is 4.23. The lowest BCUT2D eigenvalue weighted by Crippen LogP contribution is -2.20. The van der Waals surface area contributed by atoms with Crippen molar-refractivity contribution in [3.05, 3.63) is 65.4 Å². The zero-order valence-electron chi connectivity index (χ0n) is 16.6. The van der Waals surface area contributed by atoms with Crippen molar-refractivity contribution in [2.24, 2.45) is 0 Å². The smallest absolute Gasteiger partial charge is 0.395 e. The first-order valence-electron chi connectivity index (χ1n) is 9.69. The highest BCUT2D eigenvalue weighted by molar-refractivity contribution is 5.52. The van der Waals surface area contributed by atoms with Crippen LogP contribution in [0.1, 0.15) is 23.9 Å². The monoisotopic (exact) mass is 450 g/mol. The molecule has 0 aliphatic heterocycles. The van der Waals surface area contributed by atoms with Crippen LogP contribution in [0.3, 0.4) is 0 Å². The molecule has 1 atom stereocenters. The topological polar surface area (TPSA) is 102 Å². The predicted molar refractivity (Wildman–Crippen MR) is 104 cm³/mol. The van der Waals surface area contributed by atoms with Gasteiger partial charge in [0.25, 0.3) is 5.89 Å². The Labute approximate surface area is 179 Å². The van der Waals surface area contributed by atoms with Crippen LogP contribution in [-0.2, 0) is 6.54 Å². The molecule has 2 aromatic heterocycles. The quantitative estimate of drug-likeness (QED) is 0.421. The van der Waals surface area contributed by atoms with Crippen LogP contribution in [0.2, 0.25) is 0 Å². The van der Waals surface area contributed by atoms with Crippen molar-refractivity contribution in [2.75, 3.05) is 13.2 Å². The molecular formula is C20H18F4N6O2. The predicted octanol–water partition coefficient (Wildman–Crippen LogP) is 3.07. The van der Waals surface area contributed by atoms with Gasteiger partial charge >= 0.3 is 6.18 Å². The van der Waals surface area contributed by atoms with Crippen LogP contribution in [0.4, 0.5) is 17.6 Å². The average molecular weight is 450 g/mol. The minimum Gasteiger partial charge on any atom is -0.395 e. The number of hydrogen-bond acceptors (Lipinski definition) is 7. The summed E-state index contributed by atoms with van der Waals surface area (Å²) in [6.45, 7) is 0.278. The van der Waals surface area contributed by atoms with E-state index in [4.69, 9.17) is 9.63 Å². The van der Waals surface area contributed by atoms with Gasteiger partial charge in [-0.1, -0.05) is 40.7 Å². The van der Waals surface area contributed by atoms with Gasteiger partial charge in [-0.15, -0.1) is 5.10 Å². The normalized spacial score (nSPS) is 16.4. The van der Waals surface area contributed by atoms with Gasteiger partial charge in [-0.05, 0) is 18.6 Å². The van der Waals surface area contributed by atoms with E-state index < -0.39 is 23.5 Å². The van der Waals surface area contributed by atoms with Crippen LogP contribution in [0, 0.1) is 5.82 Å². The third-order valence-electron chi connectivity index (χ3n) is 4.80. The highest BCUT2D eigenvalue weighted by Crippen LogP contribution is 2.35. The second-order valence-corrected chi connectivity index (χ2v) is 6.97. The molecule has 1 aliphatic carbocycles. The Morgan fingerprint density at radius 3 is 2.81 bits per heavy atom. The number of para-hydroxylation sites is 1. The fourth-order valence-electron chi connectivity index (χ4n) is 3.26. The maximum absolute atomic E-state index is 14.3. The van der Waals surface area contributed by atoms with Gasteiger partial charge in [-0.25, -0.2) is 9.07 Å². The fourth-order valence-corrected chi connectivity index (χ4v) is 3.26. The summed E-state index contributed by atoms with van der Waals surface area (Å²) in [6, 6.07) is 5.95. The zero-order valence-corrected chi connectivity index (χ0v) is 16.6. The molecule has 2 N–H and O–H groups in total. The van der Waals surface area contributed by atoms with E-state index >= 15 is 0 Å². The summed E-state index contributed by atoms with van der Waals surface area (Å²) >= 11 is 0. The molecule has 8 nitrogen and oxygen atoms in total. The fraction of sp³-hybridized carbons (Fsp3) is 0.300. The molecule has 3 aromatic rings. The summed E-state index contributed by atoms with van der Waals surface area (Å²) in [5, 5.41) is 23.9. The van der Waals surface area contributed by atoms with E-state index in [-0.39, 0.29) is 49.2 Å². The number of benzene rings is 1. The second-order valence-electron chi connectivity index (χ2n) is 6.97. The van der Waals surface area contributed by atoms with E-state index in [0.717, 1.165) is 12.2 Å². The lowest BCUT2D eigenvalue weighted by atomic mass is 9.95. The summed E-state index contributed by atoms with van der Waals surface area (Å²) in [6.07, 6.45) is -0.722. The molecule has 0 saturated heterocycles. The number of allylic oxidation sites excluding steroid dienone is 4. The molecule has 1 aliphatic rings. The molecule has 168 valence electrons. The lowest BCUT2D eigenvalue weighted by Gasteiger charge is -2.15. The maximum atomic E-state index is 14.3. The first-order valence-corrected chi connectivity index (χ1v) is 9.69. The summed E-state index contributed by atoms with van der Waals surface area (Å²) in [5.74, 6) is -1.23. The highest BCUT2D eigenvalue weighted by atomic mass is 19.4. The van der Waals surface area contributed by atoms with Crippen molar-refractivity contribution in [2.45, 2.75) is 25.1 Å². The van der Waals surface area contributed by atoms with E-state index in [1.54, 1.807) is 6.07 Å². The molecule has 0 bridgehead atoms. The molecule has 0 amide bonds. The number of aliphatic hydroxyl groups is 1. The summed E-state index contributed by atoms with van der Waals surface area (Å²) < 4.78 is 60.0. The van der Waals surface area contributed by atoms with Gasteiger partial charge in [-0.3, -0.25) is 0 Å². The van der Waals surface area contributed by atoms with Crippen LogP contribution < -0.4 is 5.32 Å². The first-order chi connectivity index (χ1) is 15.4. The Hall–Kier alpha value is -3.38. The minimum absolute atomic E-state index is 0.0556. The van der Waals surface area contributed by atoms with Gasteiger partial charge in [0.2, 0.25) is 0 Å². The van der Waals surface area contributed by atoms with E-state index in [2.05, 4.69) is 25.8 Å². The van der Waals surface area contributed by atoms with E-state index in [1.807, 2.05) is 0 Å². The lowest BCUT2D eigenvalue weighted by molar-refractivity contribution is -0.0887. The molecule has 12 heteroatoms. The Kier molecular flexibility index (Phi) is 6.15. The number of aliphatic hydroxyl groups excluding tert-OH is 1. The van der Waals surface area contributed by atoms with Crippen molar-refractivity contribution >= 4 is 0 Å². The third kappa shape index (κ3) is 4.46. The molecule has 0 fully saturated rings. The molecule has 0 saturated carbocycles. The van der Waals surface area contributed by atoms with Crippen LogP contribution in [0.15, 0.2) is 52.6 Å². The van der Waals surface area contributed by atoms with E-state index in [9.17, 15) is 17.6 Å². The van der Waals surface area contributed by atoms with Crippen molar-refractivity contribution < 1.29 is 27.2 Å². The van der Waals surface area contributed by atoms with Crippen LogP contribution in [0.5, 0.6) is 0 Å². The van der Waals surface area contributed by atoms with Gasteiger partial charge in [0.05, 0.1) is 17.9 Å². The standard InChI is InChI=1S/C20H18F4N6O2/c21-14-6-1-2-7-15(14)30-16(11-25-8-9-31)17(27-29-30)19-26-18(28-32-19)12-4-3-5-13(10-12)20(22,23)24/h1-3,5-7,10,12,25,31H,4,8-9,11H2. The van der Waals surface area contributed by atoms with Crippen molar-refractivity contribution in [1.82, 2.24) is 30.5 Å².